The first-order valence-corrected chi connectivity index (χ1v) is 15.7. The second-order valence-corrected chi connectivity index (χ2v) is 11.4. The fraction of sp³-hybridized carbons (Fsp3) is 0.229. The van der Waals surface area contributed by atoms with Gasteiger partial charge in [-0.3, -0.25) is 23.9 Å². The molecule has 4 aromatic rings. The lowest BCUT2D eigenvalue weighted by atomic mass is 9.93. The van der Waals surface area contributed by atoms with Crippen molar-refractivity contribution in [3.63, 3.8) is 0 Å². The Hall–Kier alpha value is -5.49. The highest BCUT2D eigenvalue weighted by Crippen LogP contribution is 2.39. The van der Waals surface area contributed by atoms with Crippen molar-refractivity contribution in [2.24, 2.45) is 4.99 Å². The van der Waals surface area contributed by atoms with Crippen molar-refractivity contribution in [2.45, 2.75) is 19.9 Å². The molecule has 2 aliphatic heterocycles. The molecule has 6 rings (SSSR count). The van der Waals surface area contributed by atoms with E-state index in [2.05, 4.69) is 0 Å². The lowest BCUT2D eigenvalue weighted by Gasteiger charge is -2.26. The van der Waals surface area contributed by atoms with Crippen LogP contribution in [0.1, 0.15) is 36.6 Å². The van der Waals surface area contributed by atoms with Gasteiger partial charge in [0.25, 0.3) is 11.5 Å². The van der Waals surface area contributed by atoms with E-state index >= 15 is 0 Å². The van der Waals surface area contributed by atoms with Crippen LogP contribution in [0.3, 0.4) is 0 Å². The van der Waals surface area contributed by atoms with Crippen LogP contribution < -0.4 is 29.3 Å². The van der Waals surface area contributed by atoms with Crippen LogP contribution in [0.4, 0.5) is 5.69 Å². The maximum atomic E-state index is 14.6. The lowest BCUT2D eigenvalue weighted by Crippen LogP contribution is -2.41. The molecule has 1 amide bonds. The minimum absolute atomic E-state index is 0.0964. The van der Waals surface area contributed by atoms with Gasteiger partial charge in [-0.1, -0.05) is 65.9 Å². The first kappa shape index (κ1) is 31.5. The molecule has 0 saturated heterocycles. The molecular formula is C35H31N3O8S. The van der Waals surface area contributed by atoms with Crippen LogP contribution in [0.2, 0.25) is 0 Å². The van der Waals surface area contributed by atoms with Crippen LogP contribution in [0.15, 0.2) is 88.2 Å². The monoisotopic (exact) mass is 653 g/mol. The van der Waals surface area contributed by atoms with Crippen LogP contribution in [0.25, 0.3) is 11.3 Å². The van der Waals surface area contributed by atoms with E-state index in [1.807, 2.05) is 30.3 Å². The summed E-state index contributed by atoms with van der Waals surface area (Å²) < 4.78 is 23.2. The summed E-state index contributed by atoms with van der Waals surface area (Å²) in [5, 5.41) is 0. The number of thiazole rings is 1. The Balaban J connectivity index is 1.67. The average Bonchev–Trinajstić information content (AvgIpc) is 3.55. The molecular weight excluding hydrogens is 622 g/mol. The second kappa shape index (κ2) is 13.1. The van der Waals surface area contributed by atoms with Gasteiger partial charge in [0.1, 0.15) is 11.1 Å². The van der Waals surface area contributed by atoms with Gasteiger partial charge in [0, 0.05) is 11.1 Å². The number of para-hydroxylation sites is 1. The average molecular weight is 654 g/mol. The molecule has 0 aliphatic carbocycles. The minimum Gasteiger partial charge on any atom is -0.493 e. The zero-order valence-electron chi connectivity index (χ0n) is 26.1. The number of methoxy groups -OCH3 is 2. The molecule has 0 spiro atoms. The number of amides is 1. The van der Waals surface area contributed by atoms with E-state index < -0.39 is 29.4 Å². The molecule has 11 nitrogen and oxygen atoms in total. The molecule has 2 aliphatic rings. The van der Waals surface area contributed by atoms with Gasteiger partial charge in [-0.25, -0.2) is 9.79 Å². The molecule has 0 radical (unpaired) electrons. The molecule has 0 saturated carbocycles. The summed E-state index contributed by atoms with van der Waals surface area (Å²) in [5.74, 6) is -0.870. The van der Waals surface area contributed by atoms with Crippen molar-refractivity contribution in [3.8, 4) is 11.5 Å². The summed E-state index contributed by atoms with van der Waals surface area (Å²) >= 11 is 1.04. The molecule has 1 aromatic heterocycles. The molecule has 3 aromatic carbocycles. The largest absolute Gasteiger partial charge is 0.493 e. The van der Waals surface area contributed by atoms with Crippen molar-refractivity contribution < 1.29 is 33.3 Å². The number of esters is 2. The third kappa shape index (κ3) is 5.50. The summed E-state index contributed by atoms with van der Waals surface area (Å²) in [6, 6.07) is 20.3. The summed E-state index contributed by atoms with van der Waals surface area (Å²) in [6.45, 7) is 3.34. The highest BCUT2D eigenvalue weighted by molar-refractivity contribution is 7.07. The summed E-state index contributed by atoms with van der Waals surface area (Å²) in [5.41, 5.74) is 2.27. The van der Waals surface area contributed by atoms with Gasteiger partial charge in [-0.2, -0.15) is 0 Å². The van der Waals surface area contributed by atoms with E-state index in [0.717, 1.165) is 11.3 Å². The first-order chi connectivity index (χ1) is 22.8. The van der Waals surface area contributed by atoms with Crippen LogP contribution in [0.5, 0.6) is 11.5 Å². The third-order valence-corrected chi connectivity index (χ3v) is 8.87. The van der Waals surface area contributed by atoms with Crippen LogP contribution >= 0.6 is 11.3 Å². The maximum absolute atomic E-state index is 14.6. The van der Waals surface area contributed by atoms with Crippen molar-refractivity contribution in [1.29, 1.82) is 0 Å². The molecule has 3 heterocycles. The van der Waals surface area contributed by atoms with Gasteiger partial charge in [0.15, 0.2) is 16.3 Å². The molecule has 47 heavy (non-hydrogen) atoms. The van der Waals surface area contributed by atoms with Gasteiger partial charge in [-0.15, -0.1) is 0 Å². The van der Waals surface area contributed by atoms with Crippen LogP contribution in [-0.4, -0.2) is 56.4 Å². The fourth-order valence-electron chi connectivity index (χ4n) is 5.82. The van der Waals surface area contributed by atoms with E-state index in [9.17, 15) is 19.2 Å². The second-order valence-electron chi connectivity index (χ2n) is 10.5. The van der Waals surface area contributed by atoms with Gasteiger partial charge in [-0.05, 0) is 37.6 Å². The number of benzene rings is 3. The van der Waals surface area contributed by atoms with Crippen molar-refractivity contribution in [2.75, 3.05) is 38.9 Å². The quantitative estimate of drug-likeness (QED) is 0.252. The van der Waals surface area contributed by atoms with E-state index in [1.165, 1.54) is 23.7 Å². The number of hydrogen-bond donors (Lipinski definition) is 0. The normalized spacial score (nSPS) is 16.3. The number of aromatic nitrogens is 1. The van der Waals surface area contributed by atoms with Crippen molar-refractivity contribution >= 4 is 46.1 Å². The number of rotatable bonds is 9. The molecule has 0 unspecified atom stereocenters. The summed E-state index contributed by atoms with van der Waals surface area (Å²) in [7, 11) is 3.01. The van der Waals surface area contributed by atoms with E-state index in [4.69, 9.17) is 23.9 Å². The molecule has 0 fully saturated rings. The third-order valence-electron chi connectivity index (χ3n) is 7.82. The fourth-order valence-corrected chi connectivity index (χ4v) is 6.91. The Bertz CT molecular complexity index is 2120. The summed E-state index contributed by atoms with van der Waals surface area (Å²) in [6.07, 6.45) is 0. The molecule has 0 bridgehead atoms. The molecule has 0 N–H and O–H groups in total. The molecule has 240 valence electrons. The highest BCUT2D eigenvalue weighted by atomic mass is 32.1. The number of carbonyl (C=O) groups is 3. The van der Waals surface area contributed by atoms with Gasteiger partial charge in [0.2, 0.25) is 0 Å². The zero-order valence-corrected chi connectivity index (χ0v) is 27.0. The van der Waals surface area contributed by atoms with E-state index in [0.29, 0.717) is 39.6 Å². The SMILES string of the molecule is CCOC(=O)CN1C(=O)/C(=c2/sc3n(c2=O)[C@H](c2ccc(OC)c(OC)c2)C(C(=O)OCC)=C(c2ccccc2)N=3)c2ccccc21. The standard InChI is InChI=1S/C35H31N3O8S/c1-5-45-26(39)19-37-23-15-11-10-14-22(23)27(32(37)40)31-33(41)38-30(21-16-17-24(43-3)25(18-21)44-4)28(34(42)46-6-2)29(36-35(38)47-31)20-12-8-7-9-13-20/h7-18,30H,5-6,19H2,1-4H3/b31-27+/t30-/m1/s1. The van der Waals surface area contributed by atoms with Gasteiger partial charge in [0.05, 0.1) is 56.0 Å². The number of ether oxygens (including phenoxy) is 4. The number of hydrogen-bond acceptors (Lipinski definition) is 10. The van der Waals surface area contributed by atoms with Gasteiger partial charge >= 0.3 is 11.9 Å². The molecule has 12 heteroatoms. The van der Waals surface area contributed by atoms with E-state index in [1.54, 1.807) is 56.3 Å². The zero-order chi connectivity index (χ0) is 33.2. The number of anilines is 1. The van der Waals surface area contributed by atoms with Gasteiger partial charge < -0.3 is 18.9 Å². The van der Waals surface area contributed by atoms with Crippen LogP contribution in [0, 0.1) is 0 Å². The Labute approximate surface area is 273 Å². The molecule has 1 atom stereocenters. The minimum atomic E-state index is -1.00. The maximum Gasteiger partial charge on any atom is 0.338 e. The van der Waals surface area contributed by atoms with E-state index in [-0.39, 0.29) is 40.2 Å². The Kier molecular flexibility index (Phi) is 8.77. The van der Waals surface area contributed by atoms with Crippen LogP contribution in [-0.2, 0) is 23.9 Å². The predicted octanol–water partition coefficient (Wildman–Crippen LogP) is 3.23. The predicted molar refractivity (Wildman–Crippen MR) is 175 cm³/mol. The number of carbonyl (C=O) groups excluding carboxylic acids is 3. The lowest BCUT2D eigenvalue weighted by molar-refractivity contribution is -0.142. The first-order valence-electron chi connectivity index (χ1n) is 14.9. The highest BCUT2D eigenvalue weighted by Gasteiger charge is 2.39. The Morgan fingerprint density at radius 3 is 2.28 bits per heavy atom. The van der Waals surface area contributed by atoms with Crippen molar-refractivity contribution in [1.82, 2.24) is 4.57 Å². The number of fused-ring (bicyclic) bond motifs is 2. The van der Waals surface area contributed by atoms with Crippen molar-refractivity contribution in [3.05, 3.63) is 115 Å². The summed E-state index contributed by atoms with van der Waals surface area (Å²) in [4.78, 5) is 61.4. The Morgan fingerprint density at radius 1 is 0.872 bits per heavy atom. The smallest absolute Gasteiger partial charge is 0.338 e. The Morgan fingerprint density at radius 2 is 1.57 bits per heavy atom. The topological polar surface area (TPSA) is 126 Å². The number of nitrogens with zero attached hydrogens (tertiary/aromatic N) is 3.